The highest BCUT2D eigenvalue weighted by Gasteiger charge is 2.18. The molecule has 1 heterocycles. The van der Waals surface area contributed by atoms with Crippen LogP contribution in [0.5, 0.6) is 0 Å². The van der Waals surface area contributed by atoms with Gasteiger partial charge in [0.25, 0.3) is 0 Å². The van der Waals surface area contributed by atoms with Crippen LogP contribution in [0.4, 0.5) is 0 Å². The van der Waals surface area contributed by atoms with E-state index in [1.165, 1.54) is 13.2 Å². The Balaban J connectivity index is 2.91. The van der Waals surface area contributed by atoms with Gasteiger partial charge in [-0.2, -0.15) is 0 Å². The average molecular weight is 248 g/mol. The monoisotopic (exact) mass is 247 g/mol. The first kappa shape index (κ1) is 11.6. The minimum absolute atomic E-state index is 0.249. The van der Waals surface area contributed by atoms with E-state index in [4.69, 9.17) is 16.3 Å². The van der Waals surface area contributed by atoms with Gasteiger partial charge in [0.1, 0.15) is 5.15 Å². The molecule has 0 radical (unpaired) electrons. The van der Waals surface area contributed by atoms with Crippen molar-refractivity contribution in [2.75, 3.05) is 7.11 Å². The molecule has 0 aliphatic heterocycles. The van der Waals surface area contributed by atoms with Gasteiger partial charge in [0, 0.05) is 10.9 Å². The smallest absolute Gasteiger partial charge is 0.339 e. The zero-order chi connectivity index (χ0) is 12.4. The summed E-state index contributed by atoms with van der Waals surface area (Å²) in [7, 11) is 1.33. The van der Waals surface area contributed by atoms with Gasteiger partial charge in [0.05, 0.1) is 18.2 Å². The van der Waals surface area contributed by atoms with Crippen molar-refractivity contribution in [2.45, 2.75) is 0 Å². The van der Waals surface area contributed by atoms with Crippen molar-refractivity contribution in [3.63, 3.8) is 0 Å². The summed E-state index contributed by atoms with van der Waals surface area (Å²) in [5, 5.41) is 0.956. The number of aromatic nitrogens is 1. The number of rotatable bonds is 2. The zero-order valence-corrected chi connectivity index (χ0v) is 9.99. The molecule has 0 saturated carbocycles. The number of nitrogens with zero attached hydrogens (tertiary/aromatic N) is 1. The number of carbonyl (C=O) groups excluding carboxylic acids is 1. The topological polar surface area (TPSA) is 39.2 Å². The van der Waals surface area contributed by atoms with Crippen molar-refractivity contribution in [3.05, 3.63) is 47.1 Å². The molecular formula is C13H10ClNO2. The number of fused-ring (bicyclic) bond motifs is 1. The molecular weight excluding hydrogens is 238 g/mol. The number of benzene rings is 1. The van der Waals surface area contributed by atoms with E-state index in [0.717, 1.165) is 0 Å². The Morgan fingerprint density at radius 2 is 2.18 bits per heavy atom. The number of halogens is 1. The predicted molar refractivity (Wildman–Crippen MR) is 68.2 cm³/mol. The molecule has 2 aromatic rings. The van der Waals surface area contributed by atoms with Gasteiger partial charge in [-0.3, -0.25) is 0 Å². The third kappa shape index (κ3) is 1.89. The molecule has 0 fully saturated rings. The van der Waals surface area contributed by atoms with Crippen LogP contribution in [0.3, 0.4) is 0 Å². The molecule has 3 nitrogen and oxygen atoms in total. The molecule has 17 heavy (non-hydrogen) atoms. The van der Waals surface area contributed by atoms with Crippen molar-refractivity contribution in [1.82, 2.24) is 4.98 Å². The fraction of sp³-hybridized carbons (Fsp3) is 0.0769. The number of para-hydroxylation sites is 1. The van der Waals surface area contributed by atoms with E-state index < -0.39 is 5.97 Å². The Labute approximate surface area is 104 Å². The van der Waals surface area contributed by atoms with Gasteiger partial charge in [-0.1, -0.05) is 42.5 Å². The molecule has 0 aliphatic rings. The second-order valence-electron chi connectivity index (χ2n) is 3.40. The van der Waals surface area contributed by atoms with Crippen LogP contribution in [0.2, 0.25) is 5.15 Å². The van der Waals surface area contributed by atoms with Crippen LogP contribution in [0.15, 0.2) is 30.8 Å². The molecule has 1 aromatic carbocycles. The maximum atomic E-state index is 11.8. The maximum absolute atomic E-state index is 11.8. The van der Waals surface area contributed by atoms with Crippen LogP contribution in [0.1, 0.15) is 15.9 Å². The summed E-state index contributed by atoms with van der Waals surface area (Å²) >= 11 is 6.02. The average Bonchev–Trinajstić information content (AvgIpc) is 2.36. The highest BCUT2D eigenvalue weighted by atomic mass is 35.5. The van der Waals surface area contributed by atoms with Crippen LogP contribution in [-0.4, -0.2) is 18.1 Å². The lowest BCUT2D eigenvalue weighted by Gasteiger charge is -2.09. The summed E-state index contributed by atoms with van der Waals surface area (Å²) in [6, 6.07) is 7.26. The summed E-state index contributed by atoms with van der Waals surface area (Å²) in [5.41, 5.74) is 1.55. The molecule has 86 valence electrons. The molecule has 0 unspecified atom stereocenters. The van der Waals surface area contributed by atoms with Crippen molar-refractivity contribution < 1.29 is 9.53 Å². The second-order valence-corrected chi connectivity index (χ2v) is 3.76. The van der Waals surface area contributed by atoms with Crippen molar-refractivity contribution in [1.29, 1.82) is 0 Å². The number of carbonyl (C=O) groups is 1. The minimum Gasteiger partial charge on any atom is -0.465 e. The summed E-state index contributed by atoms with van der Waals surface area (Å²) in [6.07, 6.45) is 1.51. The standard InChI is InChI=1S/C13H10ClNO2/c1-3-8-11(13(16)17-2)9-6-4-5-7-10(9)15-12(8)14/h3-7H,1H2,2H3. The van der Waals surface area contributed by atoms with Crippen LogP contribution in [0, 0.1) is 0 Å². The number of ether oxygens (including phenoxy) is 1. The summed E-state index contributed by atoms with van der Waals surface area (Å²) < 4.78 is 4.77. The largest absolute Gasteiger partial charge is 0.465 e. The summed E-state index contributed by atoms with van der Waals surface area (Å²) in [4.78, 5) is 16.0. The SMILES string of the molecule is C=Cc1c(Cl)nc2ccccc2c1C(=O)OC. The third-order valence-corrected chi connectivity index (χ3v) is 2.77. The Morgan fingerprint density at radius 1 is 1.47 bits per heavy atom. The molecule has 0 atom stereocenters. The molecule has 4 heteroatoms. The predicted octanol–water partition coefficient (Wildman–Crippen LogP) is 3.32. The van der Waals surface area contributed by atoms with E-state index in [-0.39, 0.29) is 5.15 Å². The molecule has 0 N–H and O–H groups in total. The summed E-state index contributed by atoms with van der Waals surface area (Å²) in [6.45, 7) is 3.64. The van der Waals surface area contributed by atoms with Gasteiger partial charge >= 0.3 is 5.97 Å². The van der Waals surface area contributed by atoms with Gasteiger partial charge in [0.15, 0.2) is 0 Å². The van der Waals surface area contributed by atoms with E-state index in [2.05, 4.69) is 11.6 Å². The van der Waals surface area contributed by atoms with Crippen LogP contribution in [0.25, 0.3) is 17.0 Å². The lowest BCUT2D eigenvalue weighted by molar-refractivity contribution is 0.0602. The lowest BCUT2D eigenvalue weighted by atomic mass is 10.0. The molecule has 0 amide bonds. The highest BCUT2D eigenvalue weighted by molar-refractivity contribution is 6.32. The minimum atomic E-state index is -0.444. The van der Waals surface area contributed by atoms with Gasteiger partial charge < -0.3 is 4.74 Å². The van der Waals surface area contributed by atoms with E-state index in [1.807, 2.05) is 12.1 Å². The lowest BCUT2D eigenvalue weighted by Crippen LogP contribution is -2.06. The second kappa shape index (κ2) is 4.55. The first-order valence-electron chi connectivity index (χ1n) is 4.98. The van der Waals surface area contributed by atoms with Gasteiger partial charge in [-0.25, -0.2) is 9.78 Å². The van der Waals surface area contributed by atoms with Gasteiger partial charge in [-0.05, 0) is 6.07 Å². The Bertz CT molecular complexity index is 608. The molecule has 0 saturated heterocycles. The van der Waals surface area contributed by atoms with Crippen LogP contribution >= 0.6 is 11.6 Å². The number of esters is 1. The first-order valence-corrected chi connectivity index (χ1v) is 5.35. The Kier molecular flexibility index (Phi) is 3.11. The van der Waals surface area contributed by atoms with Crippen molar-refractivity contribution in [2.24, 2.45) is 0 Å². The molecule has 0 bridgehead atoms. The van der Waals surface area contributed by atoms with Gasteiger partial charge in [0.2, 0.25) is 0 Å². The Morgan fingerprint density at radius 3 is 2.82 bits per heavy atom. The maximum Gasteiger partial charge on any atom is 0.339 e. The number of methoxy groups -OCH3 is 1. The number of hydrogen-bond acceptors (Lipinski definition) is 3. The highest BCUT2D eigenvalue weighted by Crippen LogP contribution is 2.27. The fourth-order valence-corrected chi connectivity index (χ4v) is 1.97. The Hall–Kier alpha value is -1.87. The molecule has 0 spiro atoms. The van der Waals surface area contributed by atoms with E-state index in [0.29, 0.717) is 22.0 Å². The first-order chi connectivity index (χ1) is 8.19. The molecule has 1 aromatic heterocycles. The van der Waals surface area contributed by atoms with E-state index in [9.17, 15) is 4.79 Å². The fourth-order valence-electron chi connectivity index (χ4n) is 1.71. The van der Waals surface area contributed by atoms with Gasteiger partial charge in [-0.15, -0.1) is 0 Å². The molecule has 2 rings (SSSR count). The van der Waals surface area contributed by atoms with E-state index in [1.54, 1.807) is 12.1 Å². The number of hydrogen-bond donors (Lipinski definition) is 0. The van der Waals surface area contributed by atoms with Crippen molar-refractivity contribution in [3.8, 4) is 0 Å². The van der Waals surface area contributed by atoms with E-state index >= 15 is 0 Å². The quantitative estimate of drug-likeness (QED) is 0.604. The van der Waals surface area contributed by atoms with Crippen LogP contribution < -0.4 is 0 Å². The van der Waals surface area contributed by atoms with Crippen molar-refractivity contribution >= 4 is 34.5 Å². The third-order valence-electron chi connectivity index (χ3n) is 2.48. The molecule has 0 aliphatic carbocycles. The summed E-state index contributed by atoms with van der Waals surface area (Å²) in [5.74, 6) is -0.444. The van der Waals surface area contributed by atoms with Crippen LogP contribution in [-0.2, 0) is 4.74 Å². The zero-order valence-electron chi connectivity index (χ0n) is 9.24. The normalized spacial score (nSPS) is 10.2. The number of pyridine rings is 1.